The van der Waals surface area contributed by atoms with Crippen LogP contribution < -0.4 is 5.32 Å². The minimum absolute atomic E-state index is 0.0640. The molecular weight excluding hydrogens is 377 g/mol. The number of nitrogens with one attached hydrogen (secondary N) is 1. The number of halogens is 4. The maximum Gasteiger partial charge on any atom is 0.452 e. The van der Waals surface area contributed by atoms with Crippen LogP contribution in [0.2, 0.25) is 5.02 Å². The number of anilines is 1. The van der Waals surface area contributed by atoms with E-state index in [1.807, 2.05) is 0 Å². The highest BCUT2D eigenvalue weighted by Gasteiger charge is 2.39. The summed E-state index contributed by atoms with van der Waals surface area (Å²) in [5.74, 6) is -1.56. The Balaban J connectivity index is 1.85. The van der Waals surface area contributed by atoms with Crippen molar-refractivity contribution in [2.75, 3.05) is 5.32 Å². The van der Waals surface area contributed by atoms with Gasteiger partial charge in [0.1, 0.15) is 5.69 Å². The van der Waals surface area contributed by atoms with Crippen molar-refractivity contribution in [2.45, 2.75) is 13.1 Å². The van der Waals surface area contributed by atoms with E-state index in [0.29, 0.717) is 20.5 Å². The number of thiophene rings is 1. The van der Waals surface area contributed by atoms with Crippen molar-refractivity contribution in [3.8, 4) is 10.6 Å². The third-order valence-electron chi connectivity index (χ3n) is 3.37. The van der Waals surface area contributed by atoms with Crippen LogP contribution in [0.3, 0.4) is 0 Å². The lowest BCUT2D eigenvalue weighted by Gasteiger charge is -2.05. The molecule has 1 aromatic carbocycles. The second-order valence-electron chi connectivity index (χ2n) is 5.08. The Morgan fingerprint density at radius 2 is 1.96 bits per heavy atom. The molecule has 1 N–H and O–H groups in total. The predicted octanol–water partition coefficient (Wildman–Crippen LogP) is 5.64. The van der Waals surface area contributed by atoms with Crippen molar-refractivity contribution in [1.29, 1.82) is 0 Å². The van der Waals surface area contributed by atoms with E-state index in [9.17, 15) is 18.0 Å². The molecule has 4 nitrogen and oxygen atoms in total. The number of carbonyl (C=O) groups is 1. The maximum absolute atomic E-state index is 12.8. The van der Waals surface area contributed by atoms with Crippen molar-refractivity contribution < 1.29 is 22.5 Å². The van der Waals surface area contributed by atoms with E-state index in [0.717, 1.165) is 11.3 Å². The summed E-state index contributed by atoms with van der Waals surface area (Å²) in [6, 6.07) is 9.76. The number of amides is 1. The monoisotopic (exact) mass is 386 g/mol. The first-order valence-corrected chi connectivity index (χ1v) is 8.16. The minimum Gasteiger partial charge on any atom is -0.351 e. The number of alkyl halides is 3. The van der Waals surface area contributed by atoms with Gasteiger partial charge in [-0.2, -0.15) is 13.2 Å². The molecule has 1 amide bonds. The zero-order valence-corrected chi connectivity index (χ0v) is 14.2. The molecule has 3 rings (SSSR count). The molecule has 0 unspecified atom stereocenters. The van der Waals surface area contributed by atoms with Gasteiger partial charge in [-0.25, -0.2) is 0 Å². The highest BCUT2D eigenvalue weighted by Crippen LogP contribution is 2.38. The molecular formula is C16H10ClF3N2O2S. The average Bonchev–Trinajstić information content (AvgIpc) is 3.15. The van der Waals surface area contributed by atoms with Crippen LogP contribution in [0.4, 0.5) is 18.9 Å². The molecule has 0 spiro atoms. The summed E-state index contributed by atoms with van der Waals surface area (Å²) in [6.07, 6.45) is -4.61. The Morgan fingerprint density at radius 1 is 1.24 bits per heavy atom. The van der Waals surface area contributed by atoms with Gasteiger partial charge in [-0.05, 0) is 31.2 Å². The quantitative estimate of drug-likeness (QED) is 0.634. The van der Waals surface area contributed by atoms with Gasteiger partial charge in [0.2, 0.25) is 5.76 Å². The second-order valence-corrected chi connectivity index (χ2v) is 6.57. The fourth-order valence-electron chi connectivity index (χ4n) is 2.16. The van der Waals surface area contributed by atoms with E-state index >= 15 is 0 Å². The van der Waals surface area contributed by atoms with Gasteiger partial charge in [0.25, 0.3) is 5.91 Å². The molecule has 0 aliphatic carbocycles. The molecule has 0 atom stereocenters. The lowest BCUT2D eigenvalue weighted by molar-refractivity contribution is -0.156. The Hall–Kier alpha value is -2.32. The topological polar surface area (TPSA) is 55.1 Å². The molecule has 9 heteroatoms. The van der Waals surface area contributed by atoms with Gasteiger partial charge in [0.05, 0.1) is 20.5 Å². The zero-order valence-electron chi connectivity index (χ0n) is 12.6. The van der Waals surface area contributed by atoms with Crippen LogP contribution in [0.15, 0.2) is 40.9 Å². The fourth-order valence-corrected chi connectivity index (χ4v) is 3.29. The zero-order chi connectivity index (χ0) is 18.2. The summed E-state index contributed by atoms with van der Waals surface area (Å²) in [7, 11) is 0. The molecule has 0 saturated carbocycles. The summed E-state index contributed by atoms with van der Waals surface area (Å²) in [4.78, 5) is 13.0. The van der Waals surface area contributed by atoms with Crippen molar-refractivity contribution in [1.82, 2.24) is 5.16 Å². The Bertz CT molecular complexity index is 934. The molecule has 0 bridgehead atoms. The number of rotatable bonds is 3. The number of aromatic nitrogens is 1. The standard InChI is InChI=1S/C16H10ClF3N2O2S/c1-8-13(22-24-14(8)16(18,19)20)11-6-7-12(25-11)15(23)21-10-5-3-2-4-9(10)17/h2-7H,1H3,(H,21,23). The lowest BCUT2D eigenvalue weighted by atomic mass is 10.2. The van der Waals surface area contributed by atoms with Gasteiger partial charge < -0.3 is 9.84 Å². The molecule has 3 aromatic rings. The van der Waals surface area contributed by atoms with Crippen molar-refractivity contribution >= 4 is 34.5 Å². The third-order valence-corrected chi connectivity index (χ3v) is 4.79. The van der Waals surface area contributed by atoms with E-state index in [1.54, 1.807) is 24.3 Å². The number of nitrogens with zero attached hydrogens (tertiary/aromatic N) is 1. The van der Waals surface area contributed by atoms with Crippen LogP contribution in [-0.4, -0.2) is 11.1 Å². The third kappa shape index (κ3) is 3.54. The molecule has 0 fully saturated rings. The molecule has 0 saturated heterocycles. The Labute approximate surface area is 149 Å². The summed E-state index contributed by atoms with van der Waals surface area (Å²) in [6.45, 7) is 1.28. The SMILES string of the molecule is Cc1c(-c2ccc(C(=O)Nc3ccccc3Cl)s2)noc1C(F)(F)F. The molecule has 0 aliphatic heterocycles. The van der Waals surface area contributed by atoms with E-state index < -0.39 is 17.8 Å². The van der Waals surface area contributed by atoms with Crippen molar-refractivity contribution in [3.63, 3.8) is 0 Å². The van der Waals surface area contributed by atoms with Gasteiger partial charge in [-0.15, -0.1) is 11.3 Å². The van der Waals surface area contributed by atoms with Crippen LogP contribution >= 0.6 is 22.9 Å². The molecule has 0 radical (unpaired) electrons. The number of para-hydroxylation sites is 1. The number of benzene rings is 1. The first-order chi connectivity index (χ1) is 11.8. The normalized spacial score (nSPS) is 11.6. The first-order valence-electron chi connectivity index (χ1n) is 6.97. The minimum atomic E-state index is -4.61. The first kappa shape index (κ1) is 17.5. The Morgan fingerprint density at radius 3 is 2.60 bits per heavy atom. The van der Waals surface area contributed by atoms with Crippen molar-refractivity contribution in [3.05, 3.63) is 57.6 Å². The van der Waals surface area contributed by atoms with Gasteiger partial charge in [-0.3, -0.25) is 4.79 Å². The molecule has 2 aromatic heterocycles. The highest BCUT2D eigenvalue weighted by atomic mass is 35.5. The predicted molar refractivity (Wildman–Crippen MR) is 89.0 cm³/mol. The van der Waals surface area contributed by atoms with Crippen molar-refractivity contribution in [2.24, 2.45) is 0 Å². The van der Waals surface area contributed by atoms with Gasteiger partial charge >= 0.3 is 6.18 Å². The largest absolute Gasteiger partial charge is 0.452 e. The maximum atomic E-state index is 12.8. The van der Waals surface area contributed by atoms with E-state index in [4.69, 9.17) is 11.6 Å². The van der Waals surface area contributed by atoms with Crippen LogP contribution in [0.5, 0.6) is 0 Å². The summed E-state index contributed by atoms with van der Waals surface area (Å²) < 4.78 is 42.8. The van der Waals surface area contributed by atoms with E-state index in [1.165, 1.54) is 19.1 Å². The Kier molecular flexibility index (Phi) is 4.57. The number of hydrogen-bond acceptors (Lipinski definition) is 4. The summed E-state index contributed by atoms with van der Waals surface area (Å²) in [5, 5.41) is 6.52. The van der Waals surface area contributed by atoms with Crippen LogP contribution in [0.25, 0.3) is 10.6 Å². The second kappa shape index (κ2) is 6.53. The van der Waals surface area contributed by atoms with E-state index in [2.05, 4.69) is 15.0 Å². The fraction of sp³-hybridized carbons (Fsp3) is 0.125. The molecule has 130 valence electrons. The molecule has 2 heterocycles. The smallest absolute Gasteiger partial charge is 0.351 e. The van der Waals surface area contributed by atoms with Crippen LogP contribution in [0.1, 0.15) is 21.0 Å². The van der Waals surface area contributed by atoms with Crippen LogP contribution in [0, 0.1) is 6.92 Å². The van der Waals surface area contributed by atoms with Gasteiger partial charge in [0.15, 0.2) is 0 Å². The molecule has 25 heavy (non-hydrogen) atoms. The lowest BCUT2D eigenvalue weighted by Crippen LogP contribution is -2.10. The highest BCUT2D eigenvalue weighted by molar-refractivity contribution is 7.17. The number of hydrogen-bond donors (Lipinski definition) is 1. The van der Waals surface area contributed by atoms with E-state index in [-0.39, 0.29) is 11.3 Å². The number of carbonyl (C=O) groups excluding carboxylic acids is 1. The average molecular weight is 387 g/mol. The summed E-state index contributed by atoms with van der Waals surface area (Å²) in [5.41, 5.74) is 0.391. The molecule has 0 aliphatic rings. The van der Waals surface area contributed by atoms with Crippen LogP contribution in [-0.2, 0) is 6.18 Å². The van der Waals surface area contributed by atoms with Gasteiger partial charge in [-0.1, -0.05) is 28.9 Å². The van der Waals surface area contributed by atoms with Gasteiger partial charge in [0, 0.05) is 5.56 Å². The summed E-state index contributed by atoms with van der Waals surface area (Å²) >= 11 is 7.00.